The van der Waals surface area contributed by atoms with Crippen molar-refractivity contribution in [3.8, 4) is 51.7 Å². The summed E-state index contributed by atoms with van der Waals surface area (Å²) in [5, 5.41) is 0. The summed E-state index contributed by atoms with van der Waals surface area (Å²) >= 11 is 0. The fourth-order valence-corrected chi connectivity index (χ4v) is 7.48. The number of hydrogen-bond donors (Lipinski definition) is 0. The molecule has 54 heavy (non-hydrogen) atoms. The molecule has 7 rings (SSSR count). The number of carbonyl (C=O) groups excluding carboxylic acids is 3. The van der Waals surface area contributed by atoms with E-state index >= 15 is 0 Å². The van der Waals surface area contributed by atoms with Gasteiger partial charge in [0, 0.05) is 17.5 Å². The number of benzene rings is 6. The van der Waals surface area contributed by atoms with Gasteiger partial charge in [-0.15, -0.1) is 0 Å². The maximum atomic E-state index is 11.9. The average Bonchev–Trinajstić information content (AvgIpc) is 3.21. The maximum absolute atomic E-state index is 11.9. The summed E-state index contributed by atoms with van der Waals surface area (Å²) in [5.74, 6) is 2.87. The molecule has 13 heteroatoms. The van der Waals surface area contributed by atoms with Crippen molar-refractivity contribution in [2.75, 3.05) is 7.11 Å². The number of methoxy groups -OCH3 is 1. The van der Waals surface area contributed by atoms with Crippen molar-refractivity contribution in [3.63, 3.8) is 0 Å². The minimum Gasteiger partial charge on any atom is -0.493 e. The van der Waals surface area contributed by atoms with Gasteiger partial charge in [-0.1, -0.05) is 72.8 Å². The van der Waals surface area contributed by atoms with Gasteiger partial charge in [-0.2, -0.15) is 0 Å². The van der Waals surface area contributed by atoms with Gasteiger partial charge in [-0.05, 0) is 60.7 Å². The van der Waals surface area contributed by atoms with E-state index in [1.807, 2.05) is 24.3 Å². The van der Waals surface area contributed by atoms with E-state index in [1.54, 1.807) is 109 Å². The topological polar surface area (TPSA) is 125 Å². The van der Waals surface area contributed by atoms with Crippen LogP contribution in [0.4, 0.5) is 0 Å². The summed E-state index contributed by atoms with van der Waals surface area (Å²) in [6, 6.07) is 38.0. The fourth-order valence-electron chi connectivity index (χ4n) is 5.35. The van der Waals surface area contributed by atoms with Gasteiger partial charge in [-0.25, -0.2) is 0 Å². The van der Waals surface area contributed by atoms with Crippen LogP contribution >= 0.6 is 17.2 Å². The van der Waals surface area contributed by atoms with E-state index in [1.165, 1.54) is 7.11 Å². The Morgan fingerprint density at radius 3 is 1.17 bits per heavy atom. The highest BCUT2D eigenvalue weighted by Gasteiger charge is 2.31. The summed E-state index contributed by atoms with van der Waals surface area (Å²) in [6.45, 7) is 0. The fraction of sp³-hybridized carbons (Fsp3) is 0.0488. The molecule has 6 aromatic rings. The lowest BCUT2D eigenvalue weighted by Crippen LogP contribution is -2.10. The molecule has 0 bridgehead atoms. The minimum absolute atomic E-state index is 0.230. The molecule has 0 spiro atoms. The first-order chi connectivity index (χ1) is 26.6. The zero-order chi connectivity index (χ0) is 37.3. The van der Waals surface area contributed by atoms with Crippen molar-refractivity contribution in [1.82, 2.24) is 0 Å². The zero-order valence-electron chi connectivity index (χ0n) is 28.5. The Morgan fingerprint density at radius 1 is 0.426 bits per heavy atom. The van der Waals surface area contributed by atoms with Gasteiger partial charge < -0.3 is 36.6 Å². The van der Waals surface area contributed by atoms with Gasteiger partial charge in [0.1, 0.15) is 17.2 Å². The first-order valence-corrected chi connectivity index (χ1v) is 18.6. The van der Waals surface area contributed by atoms with Crippen LogP contribution < -0.4 is 36.6 Å². The Hall–Kier alpha value is -6.41. The summed E-state index contributed by atoms with van der Waals surface area (Å²) in [6.07, 6.45) is 2.47. The van der Waals surface area contributed by atoms with Crippen LogP contribution in [0.15, 0.2) is 133 Å². The Bertz CT molecular complexity index is 2240. The van der Waals surface area contributed by atoms with Gasteiger partial charge in [0.2, 0.25) is 0 Å². The molecule has 1 aliphatic rings. The van der Waals surface area contributed by atoms with Crippen molar-refractivity contribution in [2.45, 2.75) is 6.42 Å². The largest absolute Gasteiger partial charge is 0.530 e. The third-order valence-electron chi connectivity index (χ3n) is 7.95. The van der Waals surface area contributed by atoms with Gasteiger partial charge in [0.15, 0.2) is 53.4 Å². The normalized spacial score (nSPS) is 11.8. The SMILES string of the molecule is COc1ccccc1OP(Oc1ccccc1C=O)Oc1cccc2c1Oc1c(cccc1OP(Oc1ccccc1C=O)Oc1ccccc1C=O)C2. The summed E-state index contributed by atoms with van der Waals surface area (Å²) in [5.41, 5.74) is 2.50. The number of fused-ring (bicyclic) bond motifs is 2. The Morgan fingerprint density at radius 2 is 0.759 bits per heavy atom. The van der Waals surface area contributed by atoms with Gasteiger partial charge in [0.05, 0.1) is 23.8 Å². The van der Waals surface area contributed by atoms with E-state index in [2.05, 4.69) is 0 Å². The van der Waals surface area contributed by atoms with Crippen LogP contribution in [0, 0.1) is 0 Å². The minimum atomic E-state index is -2.31. The van der Waals surface area contributed by atoms with Crippen LogP contribution in [-0.4, -0.2) is 26.0 Å². The molecule has 0 fully saturated rings. The van der Waals surface area contributed by atoms with E-state index in [-0.39, 0.29) is 34.1 Å². The smallest absolute Gasteiger partial charge is 0.493 e. The molecule has 1 atom stereocenters. The lowest BCUT2D eigenvalue weighted by atomic mass is 10.00. The molecular weight excluding hydrogens is 730 g/mol. The van der Waals surface area contributed by atoms with Crippen molar-refractivity contribution in [2.24, 2.45) is 0 Å². The number of hydrogen-bond acceptors (Lipinski definition) is 11. The van der Waals surface area contributed by atoms with E-state index in [9.17, 15) is 14.4 Å². The van der Waals surface area contributed by atoms with Crippen molar-refractivity contribution >= 4 is 36.1 Å². The Kier molecular flexibility index (Phi) is 11.3. The lowest BCUT2D eigenvalue weighted by Gasteiger charge is -2.26. The maximum Gasteiger partial charge on any atom is 0.530 e. The quantitative estimate of drug-likeness (QED) is 0.0690. The summed E-state index contributed by atoms with van der Waals surface area (Å²) < 4.78 is 49.7. The Labute approximate surface area is 312 Å². The van der Waals surface area contributed by atoms with E-state index in [4.69, 9.17) is 36.6 Å². The molecule has 0 N–H and O–H groups in total. The van der Waals surface area contributed by atoms with E-state index < -0.39 is 17.2 Å². The molecule has 270 valence electrons. The predicted octanol–water partition coefficient (Wildman–Crippen LogP) is 10.4. The molecule has 1 heterocycles. The second kappa shape index (κ2) is 16.9. The molecule has 1 unspecified atom stereocenters. The van der Waals surface area contributed by atoms with Crippen LogP contribution in [0.1, 0.15) is 42.2 Å². The number of aldehydes is 3. The van der Waals surface area contributed by atoms with Crippen molar-refractivity contribution in [3.05, 3.63) is 161 Å². The third kappa shape index (κ3) is 8.13. The first-order valence-electron chi connectivity index (χ1n) is 16.4. The molecule has 0 saturated heterocycles. The van der Waals surface area contributed by atoms with Crippen LogP contribution in [0.2, 0.25) is 0 Å². The van der Waals surface area contributed by atoms with E-state index in [0.717, 1.165) is 11.1 Å². The van der Waals surface area contributed by atoms with Gasteiger partial charge in [0.25, 0.3) is 0 Å². The highest BCUT2D eigenvalue weighted by Crippen LogP contribution is 2.54. The van der Waals surface area contributed by atoms with Crippen LogP contribution in [-0.2, 0) is 6.42 Å². The number of carbonyl (C=O) groups is 3. The van der Waals surface area contributed by atoms with Gasteiger partial charge >= 0.3 is 17.2 Å². The third-order valence-corrected chi connectivity index (χ3v) is 10.0. The Balaban J connectivity index is 1.21. The molecule has 0 aromatic heterocycles. The van der Waals surface area contributed by atoms with Crippen LogP contribution in [0.3, 0.4) is 0 Å². The zero-order valence-corrected chi connectivity index (χ0v) is 30.3. The molecule has 11 nitrogen and oxygen atoms in total. The molecule has 0 amide bonds. The molecule has 1 aliphatic heterocycles. The molecule has 0 aliphatic carbocycles. The monoisotopic (exact) mass is 760 g/mol. The number of rotatable bonds is 16. The molecule has 6 aromatic carbocycles. The van der Waals surface area contributed by atoms with Crippen molar-refractivity contribution in [1.29, 1.82) is 0 Å². The highest BCUT2D eigenvalue weighted by molar-refractivity contribution is 7.43. The molecule has 0 radical (unpaired) electrons. The standard InChI is InChI=1S/C41H30O11P2/c1-45-36-20-8-9-21-37(36)50-54(49-35-19-7-4-14-32(35)27-44)52-39-23-11-16-29-24-28-15-10-22-38(40(28)46-41(29)39)51-53(47-33-17-5-2-12-30(33)25-42)48-34-18-6-3-13-31(34)26-43/h2-23,25-27H,24H2,1H3. The summed E-state index contributed by atoms with van der Waals surface area (Å²) in [7, 11) is -3.03. The van der Waals surface area contributed by atoms with Crippen molar-refractivity contribution < 1.29 is 51.0 Å². The second-order valence-electron chi connectivity index (χ2n) is 11.4. The molecular formula is C41H30O11P2. The van der Waals surface area contributed by atoms with E-state index in [0.29, 0.717) is 59.6 Å². The predicted molar refractivity (Wildman–Crippen MR) is 202 cm³/mol. The van der Waals surface area contributed by atoms with Crippen LogP contribution in [0.5, 0.6) is 51.7 Å². The molecule has 0 saturated carbocycles. The number of para-hydroxylation sites is 7. The van der Waals surface area contributed by atoms with Crippen LogP contribution in [0.25, 0.3) is 0 Å². The lowest BCUT2D eigenvalue weighted by molar-refractivity contribution is 0.111. The first kappa shape index (κ1) is 36.0. The summed E-state index contributed by atoms with van der Waals surface area (Å²) in [4.78, 5) is 35.5. The highest BCUT2D eigenvalue weighted by atomic mass is 31.2. The van der Waals surface area contributed by atoms with Gasteiger partial charge in [-0.3, -0.25) is 14.4 Å². The average molecular weight is 761 g/mol. The second-order valence-corrected chi connectivity index (χ2v) is 13.4. The number of ether oxygens (including phenoxy) is 2.